The Kier molecular flexibility index (Phi) is 3.61. The fourth-order valence-electron chi connectivity index (χ4n) is 3.17. The van der Waals surface area contributed by atoms with Gasteiger partial charge in [0.2, 0.25) is 6.79 Å². The Balaban J connectivity index is 1.43. The van der Waals surface area contributed by atoms with Crippen molar-refractivity contribution in [3.63, 3.8) is 0 Å². The monoisotopic (exact) mass is 378 g/mol. The third-order valence-corrected chi connectivity index (χ3v) is 5.68. The Morgan fingerprint density at radius 3 is 2.85 bits per heavy atom. The first-order chi connectivity index (χ1) is 13.2. The maximum Gasteiger partial charge on any atom is 0.261 e. The predicted octanol–water partition coefficient (Wildman–Crippen LogP) is 3.40. The van der Waals surface area contributed by atoms with Crippen LogP contribution >= 0.6 is 11.3 Å². The highest BCUT2D eigenvalue weighted by Gasteiger charge is 2.16. The lowest BCUT2D eigenvalue weighted by Gasteiger charge is -2.05. The second kappa shape index (κ2) is 6.14. The van der Waals surface area contributed by atoms with Crippen LogP contribution in [-0.2, 0) is 6.54 Å². The topological polar surface area (TPSA) is 80.4 Å². The van der Waals surface area contributed by atoms with Crippen LogP contribution in [0.4, 0.5) is 0 Å². The van der Waals surface area contributed by atoms with Crippen molar-refractivity contribution in [1.82, 2.24) is 10.3 Å². The van der Waals surface area contributed by atoms with Gasteiger partial charge < -0.3 is 19.8 Å². The van der Waals surface area contributed by atoms with Crippen LogP contribution in [0.3, 0.4) is 0 Å². The van der Waals surface area contributed by atoms with E-state index >= 15 is 0 Å². The number of carbonyl (C=O) groups excluding carboxylic acids is 1. The SMILES string of the molecule is O=C(NCc1ccc2c(c1)OCO2)c1cc2c(=O)[nH]c3ccccc3c2s1. The zero-order valence-electron chi connectivity index (χ0n) is 14.1. The molecular weight excluding hydrogens is 364 g/mol. The minimum atomic E-state index is -0.211. The number of hydrogen-bond donors (Lipinski definition) is 2. The van der Waals surface area contributed by atoms with Crippen molar-refractivity contribution in [2.24, 2.45) is 0 Å². The Labute approximate surface area is 157 Å². The van der Waals surface area contributed by atoms with Crippen molar-refractivity contribution in [3.05, 3.63) is 69.3 Å². The fourth-order valence-corrected chi connectivity index (χ4v) is 4.28. The van der Waals surface area contributed by atoms with Gasteiger partial charge in [0, 0.05) is 22.1 Å². The highest BCUT2D eigenvalue weighted by atomic mass is 32.1. The van der Waals surface area contributed by atoms with Crippen molar-refractivity contribution in [2.45, 2.75) is 6.54 Å². The molecule has 0 fully saturated rings. The highest BCUT2D eigenvalue weighted by molar-refractivity contribution is 7.21. The van der Waals surface area contributed by atoms with Gasteiger partial charge in [0.1, 0.15) is 0 Å². The molecule has 4 aromatic rings. The zero-order chi connectivity index (χ0) is 18.4. The number of ether oxygens (including phenoxy) is 2. The number of aromatic amines is 1. The number of hydrogen-bond acceptors (Lipinski definition) is 5. The van der Waals surface area contributed by atoms with Crippen LogP contribution in [0.5, 0.6) is 11.5 Å². The number of aromatic nitrogens is 1. The van der Waals surface area contributed by atoms with Gasteiger partial charge in [-0.15, -0.1) is 11.3 Å². The molecule has 0 aliphatic carbocycles. The van der Waals surface area contributed by atoms with Crippen LogP contribution in [0.1, 0.15) is 15.2 Å². The van der Waals surface area contributed by atoms with Crippen molar-refractivity contribution >= 4 is 38.2 Å². The zero-order valence-corrected chi connectivity index (χ0v) is 14.9. The summed E-state index contributed by atoms with van der Waals surface area (Å²) in [5.74, 6) is 1.18. The lowest BCUT2D eigenvalue weighted by Crippen LogP contribution is -2.21. The van der Waals surface area contributed by atoms with Crippen LogP contribution in [-0.4, -0.2) is 17.7 Å². The first-order valence-corrected chi connectivity index (χ1v) is 9.22. The largest absolute Gasteiger partial charge is 0.454 e. The van der Waals surface area contributed by atoms with Crippen molar-refractivity contribution in [3.8, 4) is 11.5 Å². The number of H-pyrrole nitrogens is 1. The fraction of sp³-hybridized carbons (Fsp3) is 0.100. The first-order valence-electron chi connectivity index (χ1n) is 8.40. The van der Waals surface area contributed by atoms with E-state index in [1.165, 1.54) is 11.3 Å². The quantitative estimate of drug-likeness (QED) is 0.573. The number of thiophene rings is 1. The van der Waals surface area contributed by atoms with E-state index in [0.717, 1.165) is 21.2 Å². The minimum absolute atomic E-state index is 0.185. The number of amides is 1. The molecule has 0 atom stereocenters. The molecule has 2 N–H and O–H groups in total. The smallest absolute Gasteiger partial charge is 0.261 e. The molecule has 134 valence electrons. The molecule has 1 aliphatic rings. The maximum absolute atomic E-state index is 12.6. The van der Waals surface area contributed by atoms with Crippen LogP contribution in [0.2, 0.25) is 0 Å². The average molecular weight is 378 g/mol. The van der Waals surface area contributed by atoms with Crippen LogP contribution in [0.25, 0.3) is 21.0 Å². The van der Waals surface area contributed by atoms with Crippen molar-refractivity contribution in [1.29, 1.82) is 0 Å². The van der Waals surface area contributed by atoms with Gasteiger partial charge in [0.25, 0.3) is 11.5 Å². The van der Waals surface area contributed by atoms with E-state index in [1.54, 1.807) is 6.07 Å². The van der Waals surface area contributed by atoms with Gasteiger partial charge in [-0.1, -0.05) is 24.3 Å². The molecule has 0 spiro atoms. The summed E-state index contributed by atoms with van der Waals surface area (Å²) >= 11 is 1.33. The van der Waals surface area contributed by atoms with Gasteiger partial charge >= 0.3 is 0 Å². The number of fused-ring (bicyclic) bond motifs is 4. The number of nitrogens with one attached hydrogen (secondary N) is 2. The second-order valence-corrected chi connectivity index (χ2v) is 7.28. The summed E-state index contributed by atoms with van der Waals surface area (Å²) in [6.07, 6.45) is 0. The number of carbonyl (C=O) groups is 1. The van der Waals surface area contributed by atoms with Crippen molar-refractivity contribution < 1.29 is 14.3 Å². The van der Waals surface area contributed by atoms with E-state index in [1.807, 2.05) is 42.5 Å². The predicted molar refractivity (Wildman–Crippen MR) is 104 cm³/mol. The van der Waals surface area contributed by atoms with Gasteiger partial charge in [0.15, 0.2) is 11.5 Å². The molecule has 27 heavy (non-hydrogen) atoms. The summed E-state index contributed by atoms with van der Waals surface area (Å²) in [5, 5.41) is 4.37. The average Bonchev–Trinajstić information content (AvgIpc) is 3.33. The second-order valence-electron chi connectivity index (χ2n) is 6.22. The van der Waals surface area contributed by atoms with E-state index in [0.29, 0.717) is 28.3 Å². The Hall–Kier alpha value is -3.32. The molecule has 7 heteroatoms. The van der Waals surface area contributed by atoms with E-state index in [4.69, 9.17) is 9.47 Å². The maximum atomic E-state index is 12.6. The van der Waals surface area contributed by atoms with Gasteiger partial charge in [-0.25, -0.2) is 0 Å². The lowest BCUT2D eigenvalue weighted by molar-refractivity contribution is 0.0955. The molecule has 2 aromatic heterocycles. The van der Waals surface area contributed by atoms with E-state index in [2.05, 4.69) is 10.3 Å². The summed E-state index contributed by atoms with van der Waals surface area (Å²) in [4.78, 5) is 28.3. The first kappa shape index (κ1) is 15.9. The van der Waals surface area contributed by atoms with Gasteiger partial charge in [-0.3, -0.25) is 9.59 Å². The summed E-state index contributed by atoms with van der Waals surface area (Å²) in [7, 11) is 0. The number of rotatable bonds is 3. The number of para-hydroxylation sites is 1. The molecule has 0 unspecified atom stereocenters. The number of pyridine rings is 1. The van der Waals surface area contributed by atoms with E-state index < -0.39 is 0 Å². The normalized spacial score (nSPS) is 12.6. The molecule has 1 aliphatic heterocycles. The van der Waals surface area contributed by atoms with Gasteiger partial charge in [-0.2, -0.15) is 0 Å². The molecule has 0 radical (unpaired) electrons. The molecule has 6 nitrogen and oxygen atoms in total. The molecule has 1 amide bonds. The third kappa shape index (κ3) is 2.72. The summed E-state index contributed by atoms with van der Waals surface area (Å²) in [6, 6.07) is 14.8. The molecule has 0 saturated carbocycles. The standard InChI is InChI=1S/C20H14N2O4S/c23-19-13-8-17(27-18(13)12-3-1-2-4-14(12)22-19)20(24)21-9-11-5-6-15-16(7-11)26-10-25-15/h1-8H,9-10H2,(H,21,24)(H,22,23). The molecule has 2 aromatic carbocycles. The van der Waals surface area contributed by atoms with Gasteiger partial charge in [-0.05, 0) is 29.8 Å². The summed E-state index contributed by atoms with van der Waals surface area (Å²) < 4.78 is 11.5. The molecule has 0 saturated heterocycles. The number of benzene rings is 2. The van der Waals surface area contributed by atoms with Crippen LogP contribution in [0.15, 0.2) is 53.3 Å². The van der Waals surface area contributed by atoms with E-state index in [9.17, 15) is 9.59 Å². The highest BCUT2D eigenvalue weighted by Crippen LogP contribution is 2.33. The molecule has 5 rings (SSSR count). The summed E-state index contributed by atoms with van der Waals surface area (Å²) in [6.45, 7) is 0.580. The molecular formula is C20H14N2O4S. The Bertz CT molecular complexity index is 1260. The lowest BCUT2D eigenvalue weighted by atomic mass is 10.2. The van der Waals surface area contributed by atoms with Crippen LogP contribution in [0, 0.1) is 0 Å². The van der Waals surface area contributed by atoms with Crippen LogP contribution < -0.4 is 20.3 Å². The van der Waals surface area contributed by atoms with Crippen molar-refractivity contribution in [2.75, 3.05) is 6.79 Å². The van der Waals surface area contributed by atoms with E-state index in [-0.39, 0.29) is 18.3 Å². The molecule has 3 heterocycles. The summed E-state index contributed by atoms with van der Waals surface area (Å²) in [5.41, 5.74) is 1.50. The third-order valence-electron chi connectivity index (χ3n) is 4.51. The minimum Gasteiger partial charge on any atom is -0.454 e. The Morgan fingerprint density at radius 2 is 1.93 bits per heavy atom. The molecule has 0 bridgehead atoms. The van der Waals surface area contributed by atoms with Gasteiger partial charge in [0.05, 0.1) is 10.3 Å². The Morgan fingerprint density at radius 1 is 1.07 bits per heavy atom.